The number of carbonyl (C=O) groups excluding carboxylic acids is 1. The molecule has 1 aromatic heterocycles. The lowest BCUT2D eigenvalue weighted by Gasteiger charge is -1.95. The minimum atomic E-state index is -4.38. The second kappa shape index (κ2) is 5.01. The number of nitrogens with zero attached hydrogens (tertiary/aromatic N) is 2. The highest BCUT2D eigenvalue weighted by Gasteiger charge is 2.12. The van der Waals surface area contributed by atoms with Crippen molar-refractivity contribution in [2.75, 3.05) is 11.8 Å². The monoisotopic (exact) mass is 264 g/mol. The summed E-state index contributed by atoms with van der Waals surface area (Å²) in [6.45, 7) is 0. The van der Waals surface area contributed by atoms with Crippen molar-refractivity contribution in [3.63, 3.8) is 0 Å². The van der Waals surface area contributed by atoms with Gasteiger partial charge in [0.15, 0.2) is 10.8 Å². The van der Waals surface area contributed by atoms with Gasteiger partial charge in [0.2, 0.25) is 0 Å². The van der Waals surface area contributed by atoms with Crippen LogP contribution in [0.5, 0.6) is 0 Å². The van der Waals surface area contributed by atoms with Crippen LogP contribution in [-0.4, -0.2) is 37.1 Å². The summed E-state index contributed by atoms with van der Waals surface area (Å²) >= 11 is 0.869. The molecule has 0 fully saturated rings. The topological polar surface area (TPSA) is 118 Å². The summed E-state index contributed by atoms with van der Waals surface area (Å²) in [5, 5.41) is 4.58. The molecule has 0 aliphatic carbocycles. The predicted molar refractivity (Wildman–Crippen MR) is 56.5 cm³/mol. The first-order valence-electron chi connectivity index (χ1n) is 3.66. The summed E-state index contributed by atoms with van der Waals surface area (Å²) < 4.78 is 31.1. The van der Waals surface area contributed by atoms with Crippen LogP contribution in [0, 0.1) is 0 Å². The van der Waals surface area contributed by atoms with Crippen LogP contribution in [0.2, 0.25) is 0 Å². The van der Waals surface area contributed by atoms with Gasteiger partial charge in [-0.3, -0.25) is 9.35 Å². The fourth-order valence-corrected chi connectivity index (χ4v) is 2.06. The molecule has 10 heteroatoms. The van der Waals surface area contributed by atoms with Crippen molar-refractivity contribution in [2.45, 2.75) is 0 Å². The zero-order valence-electron chi connectivity index (χ0n) is 7.87. The lowest BCUT2D eigenvalue weighted by molar-refractivity contribution is 0.214. The van der Waals surface area contributed by atoms with Crippen molar-refractivity contribution in [3.05, 3.63) is 11.1 Å². The zero-order chi connectivity index (χ0) is 12.2. The first-order valence-corrected chi connectivity index (χ1v) is 5.98. The van der Waals surface area contributed by atoms with E-state index in [9.17, 15) is 13.2 Å². The van der Waals surface area contributed by atoms with Gasteiger partial charge in [-0.25, -0.2) is 9.71 Å². The van der Waals surface area contributed by atoms with E-state index in [0.717, 1.165) is 11.3 Å². The van der Waals surface area contributed by atoms with E-state index < -0.39 is 10.3 Å². The van der Waals surface area contributed by atoms with Gasteiger partial charge in [0, 0.05) is 5.38 Å². The summed E-state index contributed by atoms with van der Waals surface area (Å²) in [4.78, 5) is 18.5. The van der Waals surface area contributed by atoms with E-state index >= 15 is 0 Å². The van der Waals surface area contributed by atoms with Crippen LogP contribution in [0.25, 0.3) is 0 Å². The molecule has 16 heavy (non-hydrogen) atoms. The van der Waals surface area contributed by atoms with Crippen molar-refractivity contribution in [2.24, 2.45) is 5.16 Å². The summed E-state index contributed by atoms with van der Waals surface area (Å²) in [5.74, 6) is 0. The van der Waals surface area contributed by atoms with Crippen LogP contribution in [0.4, 0.5) is 5.13 Å². The van der Waals surface area contributed by atoms with E-state index in [1.165, 1.54) is 18.8 Å². The zero-order valence-corrected chi connectivity index (χ0v) is 9.50. The van der Waals surface area contributed by atoms with Crippen molar-refractivity contribution in [3.8, 4) is 0 Å². The van der Waals surface area contributed by atoms with Crippen LogP contribution < -0.4 is 4.72 Å². The molecule has 0 bridgehead atoms. The molecule has 0 amide bonds. The van der Waals surface area contributed by atoms with Crippen LogP contribution in [0.15, 0.2) is 10.5 Å². The number of thiazole rings is 1. The highest BCUT2D eigenvalue weighted by molar-refractivity contribution is 7.87. The van der Waals surface area contributed by atoms with Crippen molar-refractivity contribution in [1.82, 2.24) is 4.98 Å². The number of nitrogens with one attached hydrogen (secondary N) is 1. The smallest absolute Gasteiger partial charge is 0.359 e. The maximum absolute atomic E-state index is 10.5. The molecule has 0 unspecified atom stereocenters. The minimum absolute atomic E-state index is 0.0907. The number of hydrogen-bond donors (Lipinski definition) is 2. The second-order valence-corrected chi connectivity index (χ2v) is 4.35. The first-order chi connectivity index (χ1) is 7.46. The Balaban J connectivity index is 2.94. The number of rotatable bonds is 5. The van der Waals surface area contributed by atoms with E-state index in [1.807, 2.05) is 0 Å². The molecule has 1 heterocycles. The lowest BCUT2D eigenvalue weighted by atomic mass is 10.3. The van der Waals surface area contributed by atoms with Crippen LogP contribution in [0.3, 0.4) is 0 Å². The van der Waals surface area contributed by atoms with E-state index in [1.54, 1.807) is 4.72 Å². The number of hydrogen-bond acceptors (Lipinski definition) is 7. The summed E-state index contributed by atoms with van der Waals surface area (Å²) in [6, 6.07) is 0. The Kier molecular flexibility index (Phi) is 3.93. The third kappa shape index (κ3) is 3.56. The Labute approximate surface area is 94.8 Å². The van der Waals surface area contributed by atoms with Crippen molar-refractivity contribution < 1.29 is 22.6 Å². The SMILES string of the molecule is CO/N=C(/[C]=O)c1csc(NS(=O)(=O)O)n1. The largest absolute Gasteiger partial charge is 0.398 e. The Morgan fingerprint density at radius 3 is 2.94 bits per heavy atom. The third-order valence-electron chi connectivity index (χ3n) is 1.24. The Morgan fingerprint density at radius 1 is 1.75 bits per heavy atom. The quantitative estimate of drug-likeness (QED) is 0.432. The molecule has 0 aliphatic heterocycles. The maximum atomic E-state index is 10.5. The van der Waals surface area contributed by atoms with Gasteiger partial charge in [0.1, 0.15) is 12.8 Å². The van der Waals surface area contributed by atoms with Gasteiger partial charge in [0.25, 0.3) is 6.29 Å². The highest BCUT2D eigenvalue weighted by atomic mass is 32.2. The summed E-state index contributed by atoms with van der Waals surface area (Å²) in [5.41, 5.74) is -0.116. The fraction of sp³-hybridized carbons (Fsp3) is 0.167. The third-order valence-corrected chi connectivity index (χ3v) is 2.58. The average molecular weight is 264 g/mol. The van der Waals surface area contributed by atoms with Crippen LogP contribution in [0.1, 0.15) is 5.69 Å². The van der Waals surface area contributed by atoms with Crippen molar-refractivity contribution >= 4 is 38.8 Å². The molecule has 0 saturated heterocycles. The molecule has 87 valence electrons. The van der Waals surface area contributed by atoms with Crippen LogP contribution in [-0.2, 0) is 19.9 Å². The Morgan fingerprint density at radius 2 is 2.44 bits per heavy atom. The van der Waals surface area contributed by atoms with E-state index in [4.69, 9.17) is 4.55 Å². The molecule has 0 aliphatic rings. The van der Waals surface area contributed by atoms with Gasteiger partial charge < -0.3 is 4.84 Å². The number of oxime groups is 1. The Hall–Kier alpha value is -1.52. The molecule has 1 aromatic rings. The standard InChI is InChI=1S/C6H6N3O5S2/c1-14-8-4(2-10)5-3-15-6(7-5)9-16(11,12)13/h3H,1H3,(H,7,9)(H,11,12,13)/b8-4-. The average Bonchev–Trinajstić information content (AvgIpc) is 2.59. The van der Waals surface area contributed by atoms with Gasteiger partial charge in [-0.2, -0.15) is 8.42 Å². The fourth-order valence-electron chi connectivity index (χ4n) is 0.749. The molecular formula is C6H6N3O5S2. The summed E-state index contributed by atoms with van der Waals surface area (Å²) in [6.07, 6.45) is 1.47. The molecule has 1 rings (SSSR count). The molecule has 0 aromatic carbocycles. The molecule has 0 spiro atoms. The first kappa shape index (κ1) is 12.5. The normalized spacial score (nSPS) is 12.2. The minimum Gasteiger partial charge on any atom is -0.398 e. The molecular weight excluding hydrogens is 258 g/mol. The van der Waals surface area contributed by atoms with Gasteiger partial charge in [0.05, 0.1) is 0 Å². The lowest BCUT2D eigenvalue weighted by Crippen LogP contribution is -2.10. The maximum Gasteiger partial charge on any atom is 0.359 e. The molecule has 0 atom stereocenters. The molecule has 2 N–H and O–H groups in total. The van der Waals surface area contributed by atoms with Gasteiger partial charge in [-0.1, -0.05) is 5.16 Å². The van der Waals surface area contributed by atoms with Crippen molar-refractivity contribution in [1.29, 1.82) is 0 Å². The van der Waals surface area contributed by atoms with Crippen LogP contribution >= 0.6 is 11.3 Å². The molecule has 8 nitrogen and oxygen atoms in total. The number of anilines is 1. The van der Waals surface area contributed by atoms with Gasteiger partial charge in [-0.15, -0.1) is 11.3 Å². The molecule has 1 radical (unpaired) electrons. The second-order valence-electron chi connectivity index (χ2n) is 2.34. The van der Waals surface area contributed by atoms with Gasteiger partial charge in [-0.05, 0) is 0 Å². The summed E-state index contributed by atoms with van der Waals surface area (Å²) in [7, 11) is -3.14. The molecule has 0 saturated carbocycles. The number of aromatic nitrogens is 1. The van der Waals surface area contributed by atoms with E-state index in [0.29, 0.717) is 0 Å². The highest BCUT2D eigenvalue weighted by Crippen LogP contribution is 2.16. The Bertz CT molecular complexity index is 506. The van der Waals surface area contributed by atoms with E-state index in [-0.39, 0.29) is 16.5 Å². The van der Waals surface area contributed by atoms with Gasteiger partial charge >= 0.3 is 10.3 Å². The predicted octanol–water partition coefficient (Wildman–Crippen LogP) is -0.182. The van der Waals surface area contributed by atoms with E-state index in [2.05, 4.69) is 15.0 Å².